The van der Waals surface area contributed by atoms with Crippen LogP contribution in [0.25, 0.3) is 0 Å². The SMILES string of the molecule is CC(C)(C)C(=O)ON1CCCCC1CCBr. The van der Waals surface area contributed by atoms with E-state index in [1.165, 1.54) is 6.42 Å². The van der Waals surface area contributed by atoms with E-state index in [0.717, 1.165) is 31.1 Å². The van der Waals surface area contributed by atoms with Gasteiger partial charge in [-0.1, -0.05) is 22.4 Å². The highest BCUT2D eigenvalue weighted by molar-refractivity contribution is 9.09. The predicted molar refractivity (Wildman–Crippen MR) is 68.3 cm³/mol. The highest BCUT2D eigenvalue weighted by Crippen LogP contribution is 2.23. The molecule has 0 N–H and O–H groups in total. The van der Waals surface area contributed by atoms with Crippen molar-refractivity contribution in [2.24, 2.45) is 5.41 Å². The summed E-state index contributed by atoms with van der Waals surface area (Å²) in [5.74, 6) is -0.131. The number of hydroxylamine groups is 2. The molecule has 16 heavy (non-hydrogen) atoms. The van der Waals surface area contributed by atoms with Gasteiger partial charge in [-0.05, 0) is 40.0 Å². The Morgan fingerprint density at radius 3 is 2.69 bits per heavy atom. The van der Waals surface area contributed by atoms with Crippen LogP contribution in [0.5, 0.6) is 0 Å². The molecule has 3 nitrogen and oxygen atoms in total. The molecule has 1 aliphatic heterocycles. The summed E-state index contributed by atoms with van der Waals surface area (Å²) in [4.78, 5) is 17.3. The second-order valence-corrected chi connectivity index (χ2v) is 6.19. The van der Waals surface area contributed by atoms with E-state index in [1.54, 1.807) is 0 Å². The van der Waals surface area contributed by atoms with Crippen LogP contribution in [-0.2, 0) is 9.63 Å². The Morgan fingerprint density at radius 2 is 2.12 bits per heavy atom. The highest BCUT2D eigenvalue weighted by Gasteiger charge is 2.30. The van der Waals surface area contributed by atoms with E-state index in [2.05, 4.69) is 15.9 Å². The predicted octanol–water partition coefficient (Wildman–Crippen LogP) is 3.13. The Labute approximate surface area is 107 Å². The number of alkyl halides is 1. The van der Waals surface area contributed by atoms with E-state index in [0.29, 0.717) is 6.04 Å². The normalized spacial score (nSPS) is 23.1. The zero-order chi connectivity index (χ0) is 12.2. The van der Waals surface area contributed by atoms with E-state index in [-0.39, 0.29) is 5.97 Å². The molecule has 0 saturated carbocycles. The van der Waals surface area contributed by atoms with Gasteiger partial charge in [0.05, 0.1) is 5.41 Å². The molecule has 0 aromatic heterocycles. The first kappa shape index (κ1) is 14.0. The van der Waals surface area contributed by atoms with Crippen LogP contribution in [0, 0.1) is 5.41 Å². The summed E-state index contributed by atoms with van der Waals surface area (Å²) in [7, 11) is 0. The van der Waals surface area contributed by atoms with Gasteiger partial charge in [0, 0.05) is 17.9 Å². The number of carbonyl (C=O) groups is 1. The number of piperidine rings is 1. The summed E-state index contributed by atoms with van der Waals surface area (Å²) in [6.07, 6.45) is 4.53. The molecule has 1 heterocycles. The molecule has 1 atom stereocenters. The maximum atomic E-state index is 11.8. The summed E-state index contributed by atoms with van der Waals surface area (Å²) in [6.45, 7) is 6.54. The van der Waals surface area contributed by atoms with Gasteiger partial charge < -0.3 is 4.84 Å². The van der Waals surface area contributed by atoms with Crippen LogP contribution in [0.15, 0.2) is 0 Å². The lowest BCUT2D eigenvalue weighted by Gasteiger charge is -2.35. The Kier molecular flexibility index (Phi) is 5.25. The Balaban J connectivity index is 2.52. The number of carbonyl (C=O) groups excluding carboxylic acids is 1. The molecule has 1 rings (SSSR count). The molecule has 0 aromatic carbocycles. The maximum Gasteiger partial charge on any atom is 0.330 e. The molecule has 0 spiro atoms. The fraction of sp³-hybridized carbons (Fsp3) is 0.917. The summed E-state index contributed by atoms with van der Waals surface area (Å²) >= 11 is 3.45. The van der Waals surface area contributed by atoms with E-state index in [4.69, 9.17) is 4.84 Å². The zero-order valence-electron chi connectivity index (χ0n) is 10.5. The van der Waals surface area contributed by atoms with Crippen molar-refractivity contribution in [3.63, 3.8) is 0 Å². The Bertz CT molecular complexity index is 236. The third kappa shape index (κ3) is 4.06. The molecule has 1 aliphatic rings. The molecule has 1 unspecified atom stereocenters. The minimum Gasteiger partial charge on any atom is -0.367 e. The standard InChI is InChI=1S/C12H22BrNO2/c1-12(2,3)11(15)16-14-9-5-4-6-10(14)7-8-13/h10H,4-9H2,1-3H3. The van der Waals surface area contributed by atoms with Crippen LogP contribution in [0.4, 0.5) is 0 Å². The molecule has 0 radical (unpaired) electrons. The smallest absolute Gasteiger partial charge is 0.330 e. The van der Waals surface area contributed by atoms with Crippen molar-refractivity contribution >= 4 is 21.9 Å². The highest BCUT2D eigenvalue weighted by atomic mass is 79.9. The van der Waals surface area contributed by atoms with Gasteiger partial charge in [0.15, 0.2) is 0 Å². The number of hydrogen-bond acceptors (Lipinski definition) is 3. The van der Waals surface area contributed by atoms with Gasteiger partial charge in [0.25, 0.3) is 0 Å². The number of rotatable bonds is 3. The molecular formula is C12H22BrNO2. The van der Waals surface area contributed by atoms with E-state index >= 15 is 0 Å². The van der Waals surface area contributed by atoms with Gasteiger partial charge in [0.1, 0.15) is 0 Å². The molecule has 94 valence electrons. The second-order valence-electron chi connectivity index (χ2n) is 5.40. The average molecular weight is 292 g/mol. The van der Waals surface area contributed by atoms with Gasteiger partial charge >= 0.3 is 5.97 Å². The maximum absolute atomic E-state index is 11.8. The van der Waals surface area contributed by atoms with Crippen molar-refractivity contribution in [3.8, 4) is 0 Å². The summed E-state index contributed by atoms with van der Waals surface area (Å²) in [6, 6.07) is 0.388. The van der Waals surface area contributed by atoms with Gasteiger partial charge in [0.2, 0.25) is 0 Å². The molecule has 4 heteroatoms. The third-order valence-electron chi connectivity index (χ3n) is 2.83. The number of halogens is 1. The minimum atomic E-state index is -0.420. The van der Waals surface area contributed by atoms with Crippen molar-refractivity contribution in [2.45, 2.75) is 52.5 Å². The monoisotopic (exact) mass is 291 g/mol. The van der Waals surface area contributed by atoms with Gasteiger partial charge in [-0.15, -0.1) is 5.06 Å². The molecule has 0 amide bonds. The summed E-state index contributed by atoms with van der Waals surface area (Å²) in [5, 5.41) is 2.85. The van der Waals surface area contributed by atoms with Crippen LogP contribution < -0.4 is 0 Å². The second kappa shape index (κ2) is 6.01. The van der Waals surface area contributed by atoms with E-state index in [1.807, 2.05) is 25.8 Å². The average Bonchev–Trinajstić information content (AvgIpc) is 2.20. The molecular weight excluding hydrogens is 270 g/mol. The van der Waals surface area contributed by atoms with Crippen molar-refractivity contribution in [1.29, 1.82) is 0 Å². The van der Waals surface area contributed by atoms with E-state index in [9.17, 15) is 4.79 Å². The van der Waals surface area contributed by atoms with Crippen molar-refractivity contribution < 1.29 is 9.63 Å². The Hall–Kier alpha value is -0.0900. The fourth-order valence-corrected chi connectivity index (χ4v) is 2.28. The Morgan fingerprint density at radius 1 is 1.44 bits per heavy atom. The quantitative estimate of drug-likeness (QED) is 0.748. The first-order valence-electron chi connectivity index (χ1n) is 6.00. The lowest BCUT2D eigenvalue weighted by molar-refractivity contribution is -0.217. The summed E-state index contributed by atoms with van der Waals surface area (Å²) in [5.41, 5.74) is -0.420. The van der Waals surface area contributed by atoms with Crippen LogP contribution in [0.3, 0.4) is 0 Å². The molecule has 1 fully saturated rings. The van der Waals surface area contributed by atoms with Gasteiger partial charge in [-0.2, -0.15) is 0 Å². The van der Waals surface area contributed by atoms with Crippen molar-refractivity contribution in [2.75, 3.05) is 11.9 Å². The lowest BCUT2D eigenvalue weighted by atomic mass is 9.97. The molecule has 1 saturated heterocycles. The van der Waals surface area contributed by atoms with Gasteiger partial charge in [-0.3, -0.25) is 0 Å². The van der Waals surface area contributed by atoms with Crippen molar-refractivity contribution in [3.05, 3.63) is 0 Å². The zero-order valence-corrected chi connectivity index (χ0v) is 12.0. The first-order valence-corrected chi connectivity index (χ1v) is 7.12. The van der Waals surface area contributed by atoms with Crippen LogP contribution in [-0.4, -0.2) is 28.9 Å². The van der Waals surface area contributed by atoms with Crippen molar-refractivity contribution in [1.82, 2.24) is 5.06 Å². The topological polar surface area (TPSA) is 29.5 Å². The minimum absolute atomic E-state index is 0.131. The fourth-order valence-electron chi connectivity index (χ4n) is 1.75. The third-order valence-corrected chi connectivity index (χ3v) is 3.29. The summed E-state index contributed by atoms with van der Waals surface area (Å²) < 4.78 is 0. The molecule has 0 bridgehead atoms. The first-order chi connectivity index (χ1) is 7.45. The lowest BCUT2D eigenvalue weighted by Crippen LogP contribution is -2.43. The number of nitrogens with zero attached hydrogens (tertiary/aromatic N) is 1. The van der Waals surface area contributed by atoms with Crippen LogP contribution in [0.1, 0.15) is 46.5 Å². The van der Waals surface area contributed by atoms with Crippen LogP contribution >= 0.6 is 15.9 Å². The number of hydrogen-bond donors (Lipinski definition) is 0. The van der Waals surface area contributed by atoms with Gasteiger partial charge in [-0.25, -0.2) is 4.79 Å². The van der Waals surface area contributed by atoms with Crippen LogP contribution in [0.2, 0.25) is 0 Å². The largest absolute Gasteiger partial charge is 0.367 e. The molecule has 0 aromatic rings. The molecule has 0 aliphatic carbocycles. The van der Waals surface area contributed by atoms with E-state index < -0.39 is 5.41 Å².